The van der Waals surface area contributed by atoms with Crippen LogP contribution in [0.2, 0.25) is 0 Å². The zero-order valence-corrected chi connectivity index (χ0v) is 14.4. The van der Waals surface area contributed by atoms with E-state index in [2.05, 4.69) is 10.3 Å². The Hall–Kier alpha value is -3.13. The summed E-state index contributed by atoms with van der Waals surface area (Å²) < 4.78 is 10.5. The van der Waals surface area contributed by atoms with E-state index in [0.29, 0.717) is 16.6 Å². The fraction of sp³-hybridized carbons (Fsp3) is 0.118. The lowest BCUT2D eigenvalue weighted by Crippen LogP contribution is -1.95. The Balaban J connectivity index is 1.81. The molecule has 1 heterocycles. The Morgan fingerprint density at radius 2 is 1.88 bits per heavy atom. The van der Waals surface area contributed by atoms with Gasteiger partial charge in [-0.15, -0.1) is 11.3 Å². The van der Waals surface area contributed by atoms with E-state index in [0.717, 1.165) is 16.9 Å². The quantitative estimate of drug-likeness (QED) is 0.517. The third-order valence-corrected chi connectivity index (χ3v) is 4.29. The highest BCUT2D eigenvalue weighted by atomic mass is 32.1. The van der Waals surface area contributed by atoms with Crippen LogP contribution in [0.1, 0.15) is 0 Å². The lowest BCUT2D eigenvalue weighted by atomic mass is 10.1. The van der Waals surface area contributed by atoms with Crippen LogP contribution in [0.3, 0.4) is 0 Å². The first-order valence-corrected chi connectivity index (χ1v) is 8.18. The molecule has 0 saturated heterocycles. The van der Waals surface area contributed by atoms with Crippen molar-refractivity contribution in [1.82, 2.24) is 4.98 Å². The second kappa shape index (κ2) is 7.18. The van der Waals surface area contributed by atoms with Crippen LogP contribution in [0.25, 0.3) is 11.3 Å². The third kappa shape index (κ3) is 3.69. The van der Waals surface area contributed by atoms with E-state index in [1.165, 1.54) is 23.5 Å². The molecule has 0 aliphatic rings. The van der Waals surface area contributed by atoms with Gasteiger partial charge in [-0.2, -0.15) is 0 Å². The largest absolute Gasteiger partial charge is 0.497 e. The Bertz CT molecular complexity index is 893. The number of hydrogen-bond acceptors (Lipinski definition) is 7. The molecule has 0 unspecified atom stereocenters. The Kier molecular flexibility index (Phi) is 4.80. The lowest BCUT2D eigenvalue weighted by Gasteiger charge is -2.10. The van der Waals surface area contributed by atoms with Crippen molar-refractivity contribution in [2.75, 3.05) is 19.5 Å². The summed E-state index contributed by atoms with van der Waals surface area (Å²) in [7, 11) is 3.18. The number of ether oxygens (including phenoxy) is 2. The number of non-ortho nitro benzene ring substituents is 1. The van der Waals surface area contributed by atoms with E-state index in [9.17, 15) is 10.1 Å². The number of methoxy groups -OCH3 is 2. The van der Waals surface area contributed by atoms with Crippen molar-refractivity contribution in [2.24, 2.45) is 0 Å². The molecule has 8 heteroatoms. The van der Waals surface area contributed by atoms with Gasteiger partial charge >= 0.3 is 0 Å². The number of rotatable bonds is 6. The first-order chi connectivity index (χ1) is 12.1. The second-order valence-corrected chi connectivity index (χ2v) is 5.89. The molecule has 1 aromatic heterocycles. The zero-order chi connectivity index (χ0) is 17.8. The second-order valence-electron chi connectivity index (χ2n) is 5.03. The van der Waals surface area contributed by atoms with E-state index in [4.69, 9.17) is 9.47 Å². The van der Waals surface area contributed by atoms with Gasteiger partial charge in [-0.05, 0) is 24.3 Å². The van der Waals surface area contributed by atoms with Gasteiger partial charge in [0.2, 0.25) is 0 Å². The molecule has 0 spiro atoms. The van der Waals surface area contributed by atoms with Gasteiger partial charge in [-0.3, -0.25) is 10.1 Å². The van der Waals surface area contributed by atoms with Crippen molar-refractivity contribution in [1.29, 1.82) is 0 Å². The Morgan fingerprint density at radius 3 is 2.52 bits per heavy atom. The van der Waals surface area contributed by atoms with E-state index < -0.39 is 4.92 Å². The van der Waals surface area contributed by atoms with Gasteiger partial charge in [0.05, 0.1) is 30.5 Å². The normalized spacial score (nSPS) is 10.3. The number of nitrogens with one attached hydrogen (secondary N) is 1. The number of nitro benzene ring substituents is 1. The molecule has 128 valence electrons. The SMILES string of the molecule is COc1ccc(Nc2nc(-c3ccc([N+](=O)[O-])cc3)cs2)c(OC)c1. The number of hydrogen-bond donors (Lipinski definition) is 1. The molecule has 7 nitrogen and oxygen atoms in total. The maximum absolute atomic E-state index is 10.7. The number of aromatic nitrogens is 1. The van der Waals surface area contributed by atoms with E-state index in [-0.39, 0.29) is 5.69 Å². The minimum absolute atomic E-state index is 0.0558. The summed E-state index contributed by atoms with van der Waals surface area (Å²) in [5, 5.41) is 16.5. The van der Waals surface area contributed by atoms with Crippen LogP contribution in [-0.4, -0.2) is 24.1 Å². The monoisotopic (exact) mass is 357 g/mol. The van der Waals surface area contributed by atoms with Crippen molar-refractivity contribution in [3.05, 3.63) is 58.0 Å². The predicted molar refractivity (Wildman–Crippen MR) is 97.0 cm³/mol. The number of benzene rings is 2. The predicted octanol–water partition coefficient (Wildman–Crippen LogP) is 4.48. The van der Waals surface area contributed by atoms with Crippen LogP contribution in [0.15, 0.2) is 47.8 Å². The average Bonchev–Trinajstić information content (AvgIpc) is 3.10. The van der Waals surface area contributed by atoms with Crippen LogP contribution < -0.4 is 14.8 Å². The van der Waals surface area contributed by atoms with Crippen molar-refractivity contribution >= 4 is 27.8 Å². The van der Waals surface area contributed by atoms with Crippen molar-refractivity contribution in [3.63, 3.8) is 0 Å². The molecule has 0 aliphatic carbocycles. The first-order valence-electron chi connectivity index (χ1n) is 7.30. The molecule has 3 aromatic rings. The maximum atomic E-state index is 10.7. The van der Waals surface area contributed by atoms with Crippen molar-refractivity contribution < 1.29 is 14.4 Å². The maximum Gasteiger partial charge on any atom is 0.269 e. The molecular weight excluding hydrogens is 342 g/mol. The molecule has 0 fully saturated rings. The molecule has 2 aromatic carbocycles. The van der Waals surface area contributed by atoms with Crippen molar-refractivity contribution in [3.8, 4) is 22.8 Å². The molecule has 0 saturated carbocycles. The van der Waals surface area contributed by atoms with Crippen LogP contribution >= 0.6 is 11.3 Å². The Morgan fingerprint density at radius 1 is 1.12 bits per heavy atom. The Labute approximate surface area is 148 Å². The van der Waals surface area contributed by atoms with E-state index in [1.807, 2.05) is 17.5 Å². The standard InChI is InChI=1S/C17H15N3O4S/c1-23-13-7-8-14(16(9-13)24-2)18-17-19-15(10-25-17)11-3-5-12(6-4-11)20(21)22/h3-10H,1-2H3,(H,18,19). The average molecular weight is 357 g/mol. The summed E-state index contributed by atoms with van der Waals surface area (Å²) in [5.74, 6) is 1.35. The fourth-order valence-corrected chi connectivity index (χ4v) is 2.97. The lowest BCUT2D eigenvalue weighted by molar-refractivity contribution is -0.384. The van der Waals surface area contributed by atoms with Gasteiger partial charge in [-0.1, -0.05) is 0 Å². The summed E-state index contributed by atoms with van der Waals surface area (Å²) in [6.45, 7) is 0. The molecule has 0 radical (unpaired) electrons. The minimum Gasteiger partial charge on any atom is -0.497 e. The fourth-order valence-electron chi connectivity index (χ4n) is 2.23. The van der Waals surface area contributed by atoms with Gasteiger partial charge < -0.3 is 14.8 Å². The van der Waals surface area contributed by atoms with Gasteiger partial charge in [0.1, 0.15) is 11.5 Å². The summed E-state index contributed by atoms with van der Waals surface area (Å²) in [6, 6.07) is 11.8. The van der Waals surface area contributed by atoms with Gasteiger partial charge in [0.25, 0.3) is 5.69 Å². The molecule has 25 heavy (non-hydrogen) atoms. The molecule has 0 bridgehead atoms. The summed E-state index contributed by atoms with van der Waals surface area (Å²) in [5.41, 5.74) is 2.39. The number of thiazole rings is 1. The summed E-state index contributed by atoms with van der Waals surface area (Å²) in [4.78, 5) is 14.8. The van der Waals surface area contributed by atoms with Crippen LogP contribution in [0.5, 0.6) is 11.5 Å². The topological polar surface area (TPSA) is 86.5 Å². The summed E-state index contributed by atoms with van der Waals surface area (Å²) in [6.07, 6.45) is 0. The highest BCUT2D eigenvalue weighted by Gasteiger charge is 2.10. The van der Waals surface area contributed by atoms with Gasteiger partial charge in [-0.25, -0.2) is 4.98 Å². The van der Waals surface area contributed by atoms with Crippen LogP contribution in [0, 0.1) is 10.1 Å². The third-order valence-electron chi connectivity index (χ3n) is 3.53. The summed E-state index contributed by atoms with van der Waals surface area (Å²) >= 11 is 1.44. The molecule has 3 rings (SSSR count). The zero-order valence-electron chi connectivity index (χ0n) is 13.6. The van der Waals surface area contributed by atoms with Gasteiger partial charge in [0.15, 0.2) is 5.13 Å². The van der Waals surface area contributed by atoms with E-state index >= 15 is 0 Å². The first kappa shape index (κ1) is 16.7. The minimum atomic E-state index is -0.423. The van der Waals surface area contributed by atoms with Gasteiger partial charge in [0, 0.05) is 29.1 Å². The molecule has 0 amide bonds. The highest BCUT2D eigenvalue weighted by molar-refractivity contribution is 7.14. The molecule has 0 aliphatic heterocycles. The molecule has 0 atom stereocenters. The highest BCUT2D eigenvalue weighted by Crippen LogP contribution is 2.34. The van der Waals surface area contributed by atoms with Crippen LogP contribution in [-0.2, 0) is 0 Å². The van der Waals surface area contributed by atoms with Crippen molar-refractivity contribution in [2.45, 2.75) is 0 Å². The number of anilines is 2. The number of nitrogens with zero attached hydrogens (tertiary/aromatic N) is 2. The molecule has 1 N–H and O–H groups in total. The van der Waals surface area contributed by atoms with Crippen LogP contribution in [0.4, 0.5) is 16.5 Å². The van der Waals surface area contributed by atoms with E-state index in [1.54, 1.807) is 32.4 Å². The number of nitro groups is 1. The smallest absolute Gasteiger partial charge is 0.269 e. The molecular formula is C17H15N3O4S.